The number of aliphatic imine (C=N–C) groups is 1. The van der Waals surface area contributed by atoms with Crippen molar-refractivity contribution in [2.75, 3.05) is 0 Å². The molecule has 0 fully saturated rings. The van der Waals surface area contributed by atoms with Crippen LogP contribution >= 0.6 is 11.1 Å². The standard InChI is InChI=1S/C11H8FN3OS/c12-9-4-2-1-3-8(9)11-14-10-5-13-6-15(10)17(11)7-16/h1-7,17H. The van der Waals surface area contributed by atoms with E-state index in [2.05, 4.69) is 9.98 Å². The van der Waals surface area contributed by atoms with Gasteiger partial charge in [-0.2, -0.15) is 0 Å². The summed E-state index contributed by atoms with van der Waals surface area (Å²) in [5, 5.41) is 0.491. The SMILES string of the molecule is O=C[SH]1C(c2ccccc2F)=Nc2cncn21. The topological polar surface area (TPSA) is 47.2 Å². The van der Waals surface area contributed by atoms with E-state index in [0.717, 1.165) is 5.62 Å². The maximum absolute atomic E-state index is 13.7. The molecule has 0 bridgehead atoms. The van der Waals surface area contributed by atoms with Crippen LogP contribution in [0.25, 0.3) is 0 Å². The first-order valence-electron chi connectivity index (χ1n) is 4.92. The third kappa shape index (κ3) is 1.49. The number of rotatable bonds is 2. The zero-order valence-electron chi connectivity index (χ0n) is 8.62. The highest BCUT2D eigenvalue weighted by Crippen LogP contribution is 2.41. The Morgan fingerprint density at radius 3 is 2.94 bits per heavy atom. The molecule has 0 spiro atoms. The zero-order chi connectivity index (χ0) is 11.8. The van der Waals surface area contributed by atoms with Gasteiger partial charge in [0.15, 0.2) is 11.4 Å². The van der Waals surface area contributed by atoms with Gasteiger partial charge in [0.1, 0.15) is 17.2 Å². The molecule has 86 valence electrons. The number of benzene rings is 1. The third-order valence-corrected chi connectivity index (χ3v) is 4.23. The third-order valence-electron chi connectivity index (χ3n) is 2.48. The van der Waals surface area contributed by atoms with Crippen LogP contribution in [0.3, 0.4) is 0 Å². The summed E-state index contributed by atoms with van der Waals surface area (Å²) in [7, 11) is 0. The van der Waals surface area contributed by atoms with Gasteiger partial charge in [0.25, 0.3) is 0 Å². The van der Waals surface area contributed by atoms with E-state index in [1.807, 2.05) is 0 Å². The molecule has 6 heteroatoms. The number of aromatic nitrogens is 2. The number of hydrogen-bond donors (Lipinski definition) is 1. The van der Waals surface area contributed by atoms with Crippen molar-refractivity contribution >= 4 is 27.6 Å². The van der Waals surface area contributed by atoms with Gasteiger partial charge in [-0.05, 0) is 12.1 Å². The molecule has 0 saturated carbocycles. The van der Waals surface area contributed by atoms with Gasteiger partial charge >= 0.3 is 0 Å². The van der Waals surface area contributed by atoms with E-state index in [0.29, 0.717) is 16.4 Å². The number of carbonyl (C=O) groups excluding carboxylic acids is 1. The number of imidazole rings is 1. The normalized spacial score (nSPS) is 19.8. The van der Waals surface area contributed by atoms with Gasteiger partial charge in [-0.25, -0.2) is 14.4 Å². The van der Waals surface area contributed by atoms with Gasteiger partial charge in [0.05, 0.1) is 6.20 Å². The van der Waals surface area contributed by atoms with E-state index in [1.54, 1.807) is 34.7 Å². The predicted octanol–water partition coefficient (Wildman–Crippen LogP) is 2.07. The van der Waals surface area contributed by atoms with Gasteiger partial charge in [0.2, 0.25) is 0 Å². The zero-order valence-corrected chi connectivity index (χ0v) is 9.51. The van der Waals surface area contributed by atoms with Crippen molar-refractivity contribution in [2.45, 2.75) is 0 Å². The summed E-state index contributed by atoms with van der Waals surface area (Å²) in [6, 6.07) is 6.33. The Morgan fingerprint density at radius 2 is 2.18 bits per heavy atom. The Labute approximate surface area is 99.3 Å². The Bertz CT molecular complexity index is 623. The van der Waals surface area contributed by atoms with E-state index in [-0.39, 0.29) is 5.82 Å². The molecule has 2 heterocycles. The van der Waals surface area contributed by atoms with Crippen molar-refractivity contribution in [3.63, 3.8) is 0 Å². The molecule has 0 radical (unpaired) electrons. The van der Waals surface area contributed by atoms with Crippen molar-refractivity contribution in [3.8, 4) is 0 Å². The smallest absolute Gasteiger partial charge is 0.179 e. The summed E-state index contributed by atoms with van der Waals surface area (Å²) < 4.78 is 15.4. The molecule has 1 aromatic carbocycles. The maximum atomic E-state index is 13.7. The molecular formula is C11H8FN3OS. The molecule has 0 saturated heterocycles. The summed E-state index contributed by atoms with van der Waals surface area (Å²) in [6.07, 6.45) is 3.11. The van der Waals surface area contributed by atoms with Gasteiger partial charge in [0, 0.05) is 5.56 Å². The quantitative estimate of drug-likeness (QED) is 0.654. The van der Waals surface area contributed by atoms with Gasteiger partial charge in [-0.3, -0.25) is 8.77 Å². The lowest BCUT2D eigenvalue weighted by molar-refractivity contribution is 0.569. The summed E-state index contributed by atoms with van der Waals surface area (Å²) >= 11 is -1.29. The first-order valence-corrected chi connectivity index (χ1v) is 6.28. The predicted molar refractivity (Wildman–Crippen MR) is 66.0 cm³/mol. The van der Waals surface area contributed by atoms with Gasteiger partial charge < -0.3 is 0 Å². The molecule has 1 atom stereocenters. The van der Waals surface area contributed by atoms with Gasteiger partial charge in [-0.1, -0.05) is 23.2 Å². The molecule has 1 aliphatic heterocycles. The second kappa shape index (κ2) is 3.81. The van der Waals surface area contributed by atoms with E-state index in [9.17, 15) is 9.18 Å². The van der Waals surface area contributed by atoms with Crippen molar-refractivity contribution in [1.82, 2.24) is 8.96 Å². The van der Waals surface area contributed by atoms with Crippen LogP contribution < -0.4 is 0 Å². The first kappa shape index (κ1) is 10.2. The molecule has 4 nitrogen and oxygen atoms in total. The Kier molecular flexibility index (Phi) is 2.29. The average Bonchev–Trinajstić information content (AvgIpc) is 2.89. The molecule has 0 N–H and O–H groups in total. The number of fused-ring (bicyclic) bond motifs is 1. The summed E-state index contributed by atoms with van der Waals surface area (Å²) in [6.45, 7) is 0. The molecular weight excluding hydrogens is 241 g/mol. The molecule has 0 aliphatic carbocycles. The summed E-state index contributed by atoms with van der Waals surface area (Å²) in [5.74, 6) is 0.237. The minimum Gasteiger partial charge on any atom is -0.291 e. The van der Waals surface area contributed by atoms with E-state index in [4.69, 9.17) is 0 Å². The van der Waals surface area contributed by atoms with Crippen molar-refractivity contribution in [2.24, 2.45) is 4.99 Å². The van der Waals surface area contributed by atoms with Crippen molar-refractivity contribution < 1.29 is 9.18 Å². The number of nitrogens with zero attached hydrogens (tertiary/aromatic N) is 3. The van der Waals surface area contributed by atoms with Crippen LogP contribution in [0.2, 0.25) is 0 Å². The highest BCUT2D eigenvalue weighted by Gasteiger charge is 2.25. The lowest BCUT2D eigenvalue weighted by atomic mass is 10.2. The summed E-state index contributed by atoms with van der Waals surface area (Å²) in [4.78, 5) is 19.3. The molecule has 2 aromatic rings. The average molecular weight is 249 g/mol. The van der Waals surface area contributed by atoms with E-state index >= 15 is 0 Å². The van der Waals surface area contributed by atoms with Crippen LogP contribution in [0.1, 0.15) is 5.56 Å². The number of halogens is 1. The number of hydrogen-bond acceptors (Lipinski definition) is 3. The Morgan fingerprint density at radius 1 is 1.35 bits per heavy atom. The van der Waals surface area contributed by atoms with Crippen LogP contribution in [-0.2, 0) is 4.79 Å². The fraction of sp³-hybridized carbons (Fsp3) is 0. The monoisotopic (exact) mass is 249 g/mol. The highest BCUT2D eigenvalue weighted by atomic mass is 32.2. The second-order valence-corrected chi connectivity index (χ2v) is 5.22. The largest absolute Gasteiger partial charge is 0.291 e. The van der Waals surface area contributed by atoms with Crippen molar-refractivity contribution in [3.05, 3.63) is 48.2 Å². The number of thiol groups is 1. The minimum atomic E-state index is -1.29. The summed E-state index contributed by atoms with van der Waals surface area (Å²) in [5.41, 5.74) is 1.19. The molecule has 17 heavy (non-hydrogen) atoms. The van der Waals surface area contributed by atoms with Crippen LogP contribution in [0.4, 0.5) is 10.2 Å². The lowest BCUT2D eigenvalue weighted by Gasteiger charge is -2.12. The van der Waals surface area contributed by atoms with Gasteiger partial charge in [-0.15, -0.1) is 0 Å². The number of carbonyl (C=O) groups is 1. The van der Waals surface area contributed by atoms with Crippen LogP contribution in [0.15, 0.2) is 41.8 Å². The fourth-order valence-electron chi connectivity index (χ4n) is 1.72. The van der Waals surface area contributed by atoms with Crippen LogP contribution in [0.5, 0.6) is 0 Å². The van der Waals surface area contributed by atoms with Crippen LogP contribution in [0, 0.1) is 5.82 Å². The molecule has 1 aromatic heterocycles. The second-order valence-electron chi connectivity index (χ2n) is 3.46. The van der Waals surface area contributed by atoms with Crippen LogP contribution in [-0.4, -0.2) is 19.6 Å². The minimum absolute atomic E-state index is 0.362. The Balaban J connectivity index is 2.15. The van der Waals surface area contributed by atoms with E-state index in [1.165, 1.54) is 6.07 Å². The highest BCUT2D eigenvalue weighted by molar-refractivity contribution is 8.39. The Hall–Kier alpha value is -1.95. The molecule has 1 unspecified atom stereocenters. The molecule has 0 amide bonds. The van der Waals surface area contributed by atoms with E-state index < -0.39 is 11.1 Å². The molecule has 1 aliphatic rings. The lowest BCUT2D eigenvalue weighted by Crippen LogP contribution is -2.05. The first-order chi connectivity index (χ1) is 8.31. The maximum Gasteiger partial charge on any atom is 0.179 e. The van der Waals surface area contributed by atoms with Crippen molar-refractivity contribution in [1.29, 1.82) is 0 Å². The molecule has 3 rings (SSSR count). The fourth-order valence-corrected chi connectivity index (χ4v) is 3.24.